The van der Waals surface area contributed by atoms with Gasteiger partial charge in [0.1, 0.15) is 5.75 Å². The summed E-state index contributed by atoms with van der Waals surface area (Å²) in [5, 5.41) is 5.25. The van der Waals surface area contributed by atoms with E-state index in [0.717, 1.165) is 54.6 Å². The first-order valence-electron chi connectivity index (χ1n) is 10.6. The normalized spacial score (nSPS) is 11.4. The molecule has 5 aromatic carbocycles. The van der Waals surface area contributed by atoms with Crippen LogP contribution in [0.5, 0.6) is 5.75 Å². The van der Waals surface area contributed by atoms with E-state index in [-0.39, 0.29) is 0 Å². The van der Waals surface area contributed by atoms with E-state index in [2.05, 4.69) is 83.4 Å². The van der Waals surface area contributed by atoms with E-state index in [1.807, 2.05) is 24.3 Å². The van der Waals surface area contributed by atoms with Gasteiger partial charge < -0.3 is 9.30 Å². The van der Waals surface area contributed by atoms with Gasteiger partial charge in [-0.05, 0) is 52.9 Å². The minimum absolute atomic E-state index is 0.757. The molecule has 2 nitrogen and oxygen atoms in total. The first-order valence-corrected chi connectivity index (χ1v) is 11.0. The maximum Gasteiger partial charge on any atom is 0.126 e. The summed E-state index contributed by atoms with van der Waals surface area (Å²) in [5.74, 6) is 0.876. The Morgan fingerprint density at radius 1 is 0.594 bits per heavy atom. The lowest BCUT2D eigenvalue weighted by Crippen LogP contribution is -1.93. The Bertz CT molecular complexity index is 1620. The highest BCUT2D eigenvalue weighted by atomic mass is 35.5. The lowest BCUT2D eigenvalue weighted by molar-refractivity contribution is 0.420. The van der Waals surface area contributed by atoms with Crippen molar-refractivity contribution in [2.75, 3.05) is 7.11 Å². The molecule has 1 aromatic heterocycles. The van der Waals surface area contributed by atoms with Crippen LogP contribution >= 0.6 is 11.6 Å². The molecule has 0 aliphatic heterocycles. The first kappa shape index (κ1) is 19.0. The fourth-order valence-corrected chi connectivity index (χ4v) is 5.09. The minimum Gasteiger partial charge on any atom is -0.496 e. The predicted molar refractivity (Wildman–Crippen MR) is 135 cm³/mol. The van der Waals surface area contributed by atoms with E-state index in [1.54, 1.807) is 7.11 Å². The predicted octanol–water partition coefficient (Wildman–Crippen LogP) is 8.27. The Labute approximate surface area is 191 Å². The lowest BCUT2D eigenvalue weighted by Gasteiger charge is -2.12. The number of para-hydroxylation sites is 1. The van der Waals surface area contributed by atoms with Crippen LogP contribution in [0.1, 0.15) is 0 Å². The minimum atomic E-state index is 0.757. The Morgan fingerprint density at radius 2 is 1.28 bits per heavy atom. The Kier molecular flexibility index (Phi) is 4.41. The number of nitrogens with zero attached hydrogens (tertiary/aromatic N) is 1. The van der Waals surface area contributed by atoms with Crippen LogP contribution in [-0.4, -0.2) is 11.7 Å². The van der Waals surface area contributed by atoms with Gasteiger partial charge in [0.05, 0.1) is 23.2 Å². The zero-order valence-electron chi connectivity index (χ0n) is 17.5. The summed E-state index contributed by atoms with van der Waals surface area (Å²) in [6, 6.07) is 35.7. The molecule has 0 unspecified atom stereocenters. The maximum atomic E-state index is 6.83. The van der Waals surface area contributed by atoms with Crippen molar-refractivity contribution in [3.05, 3.63) is 108 Å². The standard InChI is InChI=1S/C29H20ClNO/c1-32-27-18-17-21(20-11-5-6-12-22(20)27)23-13-7-15-25-28(23)29-24(30)14-8-16-26(29)31(25)19-9-3-2-4-10-19/h2-18H,1H3. The molecule has 0 saturated carbocycles. The lowest BCUT2D eigenvalue weighted by atomic mass is 9.94. The number of fused-ring (bicyclic) bond motifs is 4. The van der Waals surface area contributed by atoms with Crippen LogP contribution in [0.3, 0.4) is 0 Å². The van der Waals surface area contributed by atoms with E-state index in [0.29, 0.717) is 0 Å². The average molecular weight is 434 g/mol. The molecule has 1 heterocycles. The summed E-state index contributed by atoms with van der Waals surface area (Å²) in [6.07, 6.45) is 0. The molecule has 32 heavy (non-hydrogen) atoms. The van der Waals surface area contributed by atoms with Gasteiger partial charge in [0.25, 0.3) is 0 Å². The second-order valence-corrected chi connectivity index (χ2v) is 8.27. The number of hydrogen-bond acceptors (Lipinski definition) is 1. The molecular formula is C29H20ClNO. The van der Waals surface area contributed by atoms with Crippen LogP contribution in [-0.2, 0) is 0 Å². The van der Waals surface area contributed by atoms with Crippen LogP contribution < -0.4 is 4.74 Å². The molecule has 0 aliphatic rings. The van der Waals surface area contributed by atoms with Gasteiger partial charge in [0.15, 0.2) is 0 Å². The Balaban J connectivity index is 1.79. The van der Waals surface area contributed by atoms with Crippen LogP contribution in [0.15, 0.2) is 103 Å². The number of halogens is 1. The van der Waals surface area contributed by atoms with Crippen LogP contribution in [0, 0.1) is 0 Å². The van der Waals surface area contributed by atoms with E-state index >= 15 is 0 Å². The Hall–Kier alpha value is -3.75. The second-order valence-electron chi connectivity index (χ2n) is 7.87. The molecule has 0 atom stereocenters. The molecule has 0 N–H and O–H groups in total. The summed E-state index contributed by atoms with van der Waals surface area (Å²) in [4.78, 5) is 0. The van der Waals surface area contributed by atoms with Crippen molar-refractivity contribution >= 4 is 44.2 Å². The number of hydrogen-bond donors (Lipinski definition) is 0. The largest absolute Gasteiger partial charge is 0.496 e. The first-order chi connectivity index (χ1) is 15.8. The van der Waals surface area contributed by atoms with Gasteiger partial charge in [-0.2, -0.15) is 0 Å². The van der Waals surface area contributed by atoms with Crippen molar-refractivity contribution in [1.29, 1.82) is 0 Å². The molecule has 0 radical (unpaired) electrons. The van der Waals surface area contributed by atoms with E-state index in [4.69, 9.17) is 16.3 Å². The van der Waals surface area contributed by atoms with Gasteiger partial charge in [-0.3, -0.25) is 0 Å². The number of methoxy groups -OCH3 is 1. The van der Waals surface area contributed by atoms with Gasteiger partial charge in [0.2, 0.25) is 0 Å². The van der Waals surface area contributed by atoms with Gasteiger partial charge in [-0.1, -0.05) is 78.3 Å². The van der Waals surface area contributed by atoms with Crippen LogP contribution in [0.4, 0.5) is 0 Å². The molecule has 154 valence electrons. The van der Waals surface area contributed by atoms with Crippen molar-refractivity contribution in [3.63, 3.8) is 0 Å². The molecule has 0 aliphatic carbocycles. The van der Waals surface area contributed by atoms with E-state index in [9.17, 15) is 0 Å². The summed E-state index contributed by atoms with van der Waals surface area (Å²) in [6.45, 7) is 0. The molecule has 3 heteroatoms. The van der Waals surface area contributed by atoms with Gasteiger partial charge >= 0.3 is 0 Å². The van der Waals surface area contributed by atoms with Crippen molar-refractivity contribution in [3.8, 4) is 22.6 Å². The van der Waals surface area contributed by atoms with Crippen molar-refractivity contribution in [2.45, 2.75) is 0 Å². The highest BCUT2D eigenvalue weighted by molar-refractivity contribution is 6.39. The molecule has 0 spiro atoms. The van der Waals surface area contributed by atoms with Gasteiger partial charge in [-0.25, -0.2) is 0 Å². The molecule has 6 aromatic rings. The third-order valence-corrected chi connectivity index (χ3v) is 6.49. The molecular weight excluding hydrogens is 414 g/mol. The highest BCUT2D eigenvalue weighted by Gasteiger charge is 2.19. The highest BCUT2D eigenvalue weighted by Crippen LogP contribution is 2.43. The number of ether oxygens (including phenoxy) is 1. The zero-order chi connectivity index (χ0) is 21.7. The van der Waals surface area contributed by atoms with Crippen molar-refractivity contribution in [2.24, 2.45) is 0 Å². The van der Waals surface area contributed by atoms with Crippen LogP contribution in [0.25, 0.3) is 49.4 Å². The number of rotatable bonds is 3. The SMILES string of the molecule is COc1ccc(-c2cccc3c2c2c(Cl)cccc2n3-c2ccccc2)c2ccccc12. The molecule has 0 bridgehead atoms. The summed E-state index contributed by atoms with van der Waals surface area (Å²) in [7, 11) is 1.72. The topological polar surface area (TPSA) is 14.2 Å². The van der Waals surface area contributed by atoms with E-state index < -0.39 is 0 Å². The number of benzene rings is 5. The number of aromatic nitrogens is 1. The van der Waals surface area contributed by atoms with Gasteiger partial charge in [0, 0.05) is 21.8 Å². The smallest absolute Gasteiger partial charge is 0.126 e. The fourth-order valence-electron chi connectivity index (χ4n) is 4.83. The third-order valence-electron chi connectivity index (χ3n) is 6.17. The molecule has 6 rings (SSSR count). The van der Waals surface area contributed by atoms with Crippen LogP contribution in [0.2, 0.25) is 5.02 Å². The maximum absolute atomic E-state index is 6.83. The third kappa shape index (κ3) is 2.73. The summed E-state index contributed by atoms with van der Waals surface area (Å²) >= 11 is 6.83. The summed E-state index contributed by atoms with van der Waals surface area (Å²) in [5.41, 5.74) is 5.68. The molecule has 0 amide bonds. The van der Waals surface area contributed by atoms with Crippen molar-refractivity contribution < 1.29 is 4.74 Å². The van der Waals surface area contributed by atoms with Crippen molar-refractivity contribution in [1.82, 2.24) is 4.57 Å². The fraction of sp³-hybridized carbons (Fsp3) is 0.0345. The Morgan fingerprint density at radius 3 is 2.06 bits per heavy atom. The summed E-state index contributed by atoms with van der Waals surface area (Å²) < 4.78 is 7.93. The monoisotopic (exact) mass is 433 g/mol. The van der Waals surface area contributed by atoms with E-state index in [1.165, 1.54) is 5.56 Å². The molecule has 0 fully saturated rings. The second kappa shape index (κ2) is 7.44. The quantitative estimate of drug-likeness (QED) is 0.274. The van der Waals surface area contributed by atoms with Gasteiger partial charge in [-0.15, -0.1) is 0 Å². The average Bonchev–Trinajstić information content (AvgIpc) is 3.19. The molecule has 0 saturated heterocycles. The zero-order valence-corrected chi connectivity index (χ0v) is 18.3.